The summed E-state index contributed by atoms with van der Waals surface area (Å²) in [6.07, 6.45) is 3.72. The first kappa shape index (κ1) is 14.7. The SMILES string of the molecule is CC(C(=O)O)=C(C)C(=O)N1CCCCCC1CO. The van der Waals surface area contributed by atoms with E-state index in [0.29, 0.717) is 6.54 Å². The third-order valence-electron chi connectivity index (χ3n) is 3.55. The third-order valence-corrected chi connectivity index (χ3v) is 3.55. The minimum Gasteiger partial charge on any atom is -0.478 e. The highest BCUT2D eigenvalue weighted by atomic mass is 16.4. The van der Waals surface area contributed by atoms with Gasteiger partial charge in [0.1, 0.15) is 0 Å². The average molecular weight is 255 g/mol. The van der Waals surface area contributed by atoms with Gasteiger partial charge < -0.3 is 15.1 Å². The van der Waals surface area contributed by atoms with Crippen molar-refractivity contribution >= 4 is 11.9 Å². The number of carbonyl (C=O) groups excluding carboxylic acids is 1. The Labute approximate surface area is 107 Å². The topological polar surface area (TPSA) is 77.8 Å². The first-order valence-corrected chi connectivity index (χ1v) is 6.31. The van der Waals surface area contributed by atoms with Gasteiger partial charge in [0.25, 0.3) is 0 Å². The number of carbonyl (C=O) groups is 2. The number of nitrogens with zero attached hydrogens (tertiary/aromatic N) is 1. The summed E-state index contributed by atoms with van der Waals surface area (Å²) in [5, 5.41) is 18.2. The predicted molar refractivity (Wildman–Crippen MR) is 67.1 cm³/mol. The number of carboxylic acid groups (broad SMARTS) is 1. The van der Waals surface area contributed by atoms with Gasteiger partial charge >= 0.3 is 5.97 Å². The van der Waals surface area contributed by atoms with E-state index in [9.17, 15) is 14.7 Å². The van der Waals surface area contributed by atoms with E-state index in [1.54, 1.807) is 4.90 Å². The maximum Gasteiger partial charge on any atom is 0.331 e. The second kappa shape index (κ2) is 6.54. The standard InChI is InChI=1S/C13H21NO4/c1-9(10(2)13(17)18)12(16)14-7-5-3-4-6-11(14)8-15/h11,15H,3-8H2,1-2H3,(H,17,18). The fraction of sp³-hybridized carbons (Fsp3) is 0.692. The monoisotopic (exact) mass is 255 g/mol. The molecule has 0 radical (unpaired) electrons. The summed E-state index contributed by atoms with van der Waals surface area (Å²) in [5.74, 6) is -1.34. The summed E-state index contributed by atoms with van der Waals surface area (Å²) in [4.78, 5) is 24.7. The van der Waals surface area contributed by atoms with Crippen LogP contribution in [0.15, 0.2) is 11.1 Å². The largest absolute Gasteiger partial charge is 0.478 e. The zero-order chi connectivity index (χ0) is 13.7. The number of likely N-dealkylation sites (tertiary alicyclic amines) is 1. The first-order chi connectivity index (χ1) is 8.49. The molecule has 0 aromatic rings. The number of aliphatic carboxylic acids is 1. The molecule has 0 aromatic carbocycles. The second-order valence-electron chi connectivity index (χ2n) is 4.74. The summed E-state index contributed by atoms with van der Waals surface area (Å²) in [7, 11) is 0. The van der Waals surface area contributed by atoms with Crippen molar-refractivity contribution in [2.75, 3.05) is 13.2 Å². The van der Waals surface area contributed by atoms with E-state index in [0.717, 1.165) is 25.7 Å². The molecule has 18 heavy (non-hydrogen) atoms. The summed E-state index contributed by atoms with van der Waals surface area (Å²) in [6.45, 7) is 3.49. The number of hydrogen-bond donors (Lipinski definition) is 2. The Morgan fingerprint density at radius 3 is 2.39 bits per heavy atom. The number of amides is 1. The molecule has 0 aromatic heterocycles. The van der Waals surface area contributed by atoms with E-state index >= 15 is 0 Å². The summed E-state index contributed by atoms with van der Waals surface area (Å²) < 4.78 is 0. The van der Waals surface area contributed by atoms with Gasteiger partial charge in [0.15, 0.2) is 0 Å². The number of aliphatic hydroxyl groups is 1. The van der Waals surface area contributed by atoms with Crippen molar-refractivity contribution in [1.29, 1.82) is 0 Å². The molecular formula is C13H21NO4. The van der Waals surface area contributed by atoms with E-state index < -0.39 is 5.97 Å². The molecule has 102 valence electrons. The van der Waals surface area contributed by atoms with Crippen LogP contribution in [0.1, 0.15) is 39.5 Å². The predicted octanol–water partition coefficient (Wildman–Crippen LogP) is 1.17. The summed E-state index contributed by atoms with van der Waals surface area (Å²) in [6, 6.07) is -0.184. The number of hydrogen-bond acceptors (Lipinski definition) is 3. The molecule has 1 saturated heterocycles. The molecule has 1 amide bonds. The molecule has 1 atom stereocenters. The molecule has 2 N–H and O–H groups in total. The van der Waals surface area contributed by atoms with Gasteiger partial charge in [0.2, 0.25) is 5.91 Å². The zero-order valence-corrected chi connectivity index (χ0v) is 11.0. The van der Waals surface area contributed by atoms with Crippen LogP contribution < -0.4 is 0 Å². The molecule has 0 bridgehead atoms. The van der Waals surface area contributed by atoms with E-state index in [-0.39, 0.29) is 29.7 Å². The average Bonchev–Trinajstić information content (AvgIpc) is 2.60. The molecule has 5 nitrogen and oxygen atoms in total. The van der Waals surface area contributed by atoms with Gasteiger partial charge in [0, 0.05) is 17.7 Å². The Balaban J connectivity index is 2.92. The van der Waals surface area contributed by atoms with Crippen LogP contribution in [0.5, 0.6) is 0 Å². The van der Waals surface area contributed by atoms with Gasteiger partial charge in [-0.15, -0.1) is 0 Å². The van der Waals surface area contributed by atoms with Gasteiger partial charge in [-0.05, 0) is 26.7 Å². The number of rotatable bonds is 3. The van der Waals surface area contributed by atoms with E-state index in [2.05, 4.69) is 0 Å². The lowest BCUT2D eigenvalue weighted by atomic mass is 10.1. The second-order valence-corrected chi connectivity index (χ2v) is 4.74. The highest BCUT2D eigenvalue weighted by molar-refractivity contribution is 6.01. The number of carboxylic acids is 1. The van der Waals surface area contributed by atoms with Crippen molar-refractivity contribution in [1.82, 2.24) is 4.90 Å². The van der Waals surface area contributed by atoms with Crippen LogP contribution in [0.3, 0.4) is 0 Å². The minimum atomic E-state index is -1.07. The quantitative estimate of drug-likeness (QED) is 0.742. The molecule has 0 aliphatic carbocycles. The first-order valence-electron chi connectivity index (χ1n) is 6.31. The molecule has 1 aliphatic heterocycles. The van der Waals surface area contributed by atoms with Crippen molar-refractivity contribution in [2.24, 2.45) is 0 Å². The zero-order valence-electron chi connectivity index (χ0n) is 11.0. The van der Waals surface area contributed by atoms with Crippen LogP contribution in [0, 0.1) is 0 Å². The normalized spacial score (nSPS) is 22.2. The van der Waals surface area contributed by atoms with Crippen LogP contribution in [0.2, 0.25) is 0 Å². The number of aliphatic hydroxyl groups excluding tert-OH is 1. The molecule has 1 fully saturated rings. The van der Waals surface area contributed by atoms with Crippen molar-refractivity contribution in [3.8, 4) is 0 Å². The van der Waals surface area contributed by atoms with Crippen LogP contribution in [-0.4, -0.2) is 46.2 Å². The lowest BCUT2D eigenvalue weighted by Gasteiger charge is -2.29. The van der Waals surface area contributed by atoms with Gasteiger partial charge in [-0.1, -0.05) is 12.8 Å². The van der Waals surface area contributed by atoms with E-state index in [4.69, 9.17) is 5.11 Å². The third kappa shape index (κ3) is 3.32. The minimum absolute atomic E-state index is 0.0643. The van der Waals surface area contributed by atoms with Crippen molar-refractivity contribution in [2.45, 2.75) is 45.6 Å². The van der Waals surface area contributed by atoms with Crippen LogP contribution in [0.4, 0.5) is 0 Å². The lowest BCUT2D eigenvalue weighted by molar-refractivity contribution is -0.134. The maximum atomic E-state index is 12.3. The summed E-state index contributed by atoms with van der Waals surface area (Å²) >= 11 is 0. The van der Waals surface area contributed by atoms with Crippen molar-refractivity contribution < 1.29 is 19.8 Å². The molecule has 1 aliphatic rings. The molecule has 1 rings (SSSR count). The molecule has 1 unspecified atom stereocenters. The maximum absolute atomic E-state index is 12.3. The Morgan fingerprint density at radius 1 is 1.17 bits per heavy atom. The van der Waals surface area contributed by atoms with Gasteiger partial charge in [0.05, 0.1) is 12.6 Å². The Bertz CT molecular complexity index is 362. The Hall–Kier alpha value is -1.36. The fourth-order valence-electron chi connectivity index (χ4n) is 2.17. The fourth-order valence-corrected chi connectivity index (χ4v) is 2.17. The van der Waals surface area contributed by atoms with Gasteiger partial charge in [-0.2, -0.15) is 0 Å². The highest BCUT2D eigenvalue weighted by Crippen LogP contribution is 2.19. The van der Waals surface area contributed by atoms with Crippen molar-refractivity contribution in [3.05, 3.63) is 11.1 Å². The molecule has 1 heterocycles. The molecule has 0 saturated carbocycles. The van der Waals surface area contributed by atoms with Gasteiger partial charge in [-0.25, -0.2) is 4.79 Å². The van der Waals surface area contributed by atoms with Crippen LogP contribution >= 0.6 is 0 Å². The van der Waals surface area contributed by atoms with Crippen molar-refractivity contribution in [3.63, 3.8) is 0 Å². The molecular weight excluding hydrogens is 234 g/mol. The van der Waals surface area contributed by atoms with E-state index in [1.165, 1.54) is 13.8 Å². The molecule has 5 heteroatoms. The summed E-state index contributed by atoms with van der Waals surface area (Å²) in [5.41, 5.74) is 0.323. The Kier molecular flexibility index (Phi) is 5.34. The smallest absolute Gasteiger partial charge is 0.331 e. The van der Waals surface area contributed by atoms with E-state index in [1.807, 2.05) is 0 Å². The highest BCUT2D eigenvalue weighted by Gasteiger charge is 2.27. The van der Waals surface area contributed by atoms with Gasteiger partial charge in [-0.3, -0.25) is 4.79 Å². The van der Waals surface area contributed by atoms with Crippen LogP contribution in [0.25, 0.3) is 0 Å². The molecule has 0 spiro atoms. The van der Waals surface area contributed by atoms with Crippen LogP contribution in [-0.2, 0) is 9.59 Å². The lowest BCUT2D eigenvalue weighted by Crippen LogP contribution is -2.42. The Morgan fingerprint density at radius 2 is 1.83 bits per heavy atom.